The number of aromatic amines is 1. The molecule has 0 amide bonds. The molecule has 37 heavy (non-hydrogen) atoms. The van der Waals surface area contributed by atoms with Crippen LogP contribution >= 0.6 is 11.6 Å². The Labute approximate surface area is 216 Å². The van der Waals surface area contributed by atoms with Crippen LogP contribution in [0.2, 0.25) is 5.02 Å². The minimum absolute atomic E-state index is 0.308. The van der Waals surface area contributed by atoms with Crippen molar-refractivity contribution in [2.24, 2.45) is 0 Å². The summed E-state index contributed by atoms with van der Waals surface area (Å²) in [6, 6.07) is 26.1. The fraction of sp³-hybridized carbons (Fsp3) is 0.0333. The highest BCUT2D eigenvalue weighted by Gasteiger charge is 2.22. The predicted octanol–water partition coefficient (Wildman–Crippen LogP) is 7.49. The van der Waals surface area contributed by atoms with Crippen molar-refractivity contribution in [1.82, 2.24) is 4.98 Å². The third kappa shape index (κ3) is 4.21. The number of nitrogens with zero attached hydrogens (tertiary/aromatic N) is 2. The molecule has 0 spiro atoms. The number of benzene rings is 4. The molecule has 1 heterocycles. The number of methoxy groups -OCH3 is 1. The minimum Gasteiger partial charge on any atom is -0.465 e. The third-order valence-corrected chi connectivity index (χ3v) is 6.48. The molecule has 0 unspecified atom stereocenters. The fourth-order valence-corrected chi connectivity index (χ4v) is 4.77. The number of fused-ring (bicyclic) bond motifs is 1. The number of carbonyl (C=O) groups excluding carboxylic acids is 1. The molecule has 5 rings (SSSR count). The summed E-state index contributed by atoms with van der Waals surface area (Å²) in [5.74, 6) is -0.917. The van der Waals surface area contributed by atoms with E-state index in [4.69, 9.17) is 16.3 Å². The Morgan fingerprint density at radius 3 is 2.27 bits per heavy atom. The molecule has 178 valence electrons. The first kappa shape index (κ1) is 23.8. The Balaban J connectivity index is 1.76. The zero-order valence-corrected chi connectivity index (χ0v) is 20.2. The topological polar surface area (TPSA) is 89.7 Å². The highest BCUT2D eigenvalue weighted by molar-refractivity contribution is 6.33. The van der Waals surface area contributed by atoms with E-state index >= 15 is 0 Å². The Hall–Kier alpha value is -4.91. The molecule has 0 aliphatic carbocycles. The van der Waals surface area contributed by atoms with Crippen molar-refractivity contribution in [3.63, 3.8) is 0 Å². The minimum atomic E-state index is -0.485. The summed E-state index contributed by atoms with van der Waals surface area (Å²) in [5, 5.41) is 20.6. The summed E-state index contributed by atoms with van der Waals surface area (Å²) in [6.07, 6.45) is 0. The average molecular weight is 506 g/mol. The number of aromatic nitrogens is 1. The van der Waals surface area contributed by atoms with Gasteiger partial charge in [0.2, 0.25) is 0 Å². The van der Waals surface area contributed by atoms with E-state index in [1.54, 1.807) is 42.5 Å². The third-order valence-electron chi connectivity index (χ3n) is 6.17. The maximum Gasteiger partial charge on any atom is 0.337 e. The summed E-state index contributed by atoms with van der Waals surface area (Å²) in [6.45, 7) is 0. The summed E-state index contributed by atoms with van der Waals surface area (Å²) in [7, 11) is 1.31. The molecular weight excluding hydrogens is 489 g/mol. The van der Waals surface area contributed by atoms with Gasteiger partial charge in [0.05, 0.1) is 41.6 Å². The van der Waals surface area contributed by atoms with E-state index in [1.165, 1.54) is 19.2 Å². The van der Waals surface area contributed by atoms with Crippen LogP contribution in [-0.2, 0) is 4.74 Å². The normalized spacial score (nSPS) is 10.6. The standard InChI is InChI=1S/C30H17ClFN3O2/c1-37-30(36)19-8-10-23(25(31)13-19)17-4-2-5-18(12-17)29-28(24-14-22(32)9-11-26(24)35-29)27-20(15-33)6-3-7-21(27)16-34/h2-14,35H,1H3. The number of hydrogen-bond donors (Lipinski definition) is 1. The zero-order chi connectivity index (χ0) is 26.1. The second kappa shape index (κ2) is 9.62. The molecule has 0 atom stereocenters. The number of nitrogens with one attached hydrogen (secondary N) is 1. The summed E-state index contributed by atoms with van der Waals surface area (Å²) in [4.78, 5) is 15.2. The smallest absolute Gasteiger partial charge is 0.337 e. The van der Waals surface area contributed by atoms with Gasteiger partial charge >= 0.3 is 5.97 Å². The average Bonchev–Trinajstić information content (AvgIpc) is 3.30. The quantitative estimate of drug-likeness (QED) is 0.256. The lowest BCUT2D eigenvalue weighted by atomic mass is 9.90. The van der Waals surface area contributed by atoms with Crippen LogP contribution in [0.4, 0.5) is 4.39 Å². The predicted molar refractivity (Wildman–Crippen MR) is 140 cm³/mol. The van der Waals surface area contributed by atoms with Crippen LogP contribution in [0.15, 0.2) is 78.9 Å². The number of nitriles is 2. The molecule has 5 aromatic rings. The van der Waals surface area contributed by atoms with Gasteiger partial charge in [0.15, 0.2) is 0 Å². The highest BCUT2D eigenvalue weighted by Crippen LogP contribution is 2.42. The van der Waals surface area contributed by atoms with Gasteiger partial charge in [-0.1, -0.05) is 41.9 Å². The van der Waals surface area contributed by atoms with E-state index in [-0.39, 0.29) is 0 Å². The van der Waals surface area contributed by atoms with Crippen molar-refractivity contribution in [2.75, 3.05) is 7.11 Å². The summed E-state index contributed by atoms with van der Waals surface area (Å²) < 4.78 is 19.1. The molecule has 7 heteroatoms. The van der Waals surface area contributed by atoms with E-state index < -0.39 is 11.8 Å². The van der Waals surface area contributed by atoms with Crippen LogP contribution in [0.5, 0.6) is 0 Å². The van der Waals surface area contributed by atoms with E-state index in [0.717, 1.165) is 11.1 Å². The fourth-order valence-electron chi connectivity index (χ4n) is 4.48. The Morgan fingerprint density at radius 2 is 1.59 bits per heavy atom. The molecule has 0 aliphatic rings. The lowest BCUT2D eigenvalue weighted by Gasteiger charge is -2.12. The Morgan fingerprint density at radius 1 is 0.892 bits per heavy atom. The van der Waals surface area contributed by atoms with Gasteiger partial charge in [-0.3, -0.25) is 0 Å². The van der Waals surface area contributed by atoms with Gasteiger partial charge in [-0.15, -0.1) is 0 Å². The van der Waals surface area contributed by atoms with Crippen molar-refractivity contribution in [1.29, 1.82) is 10.5 Å². The molecule has 4 aromatic carbocycles. The molecule has 0 bridgehead atoms. The van der Waals surface area contributed by atoms with Crippen LogP contribution in [0.3, 0.4) is 0 Å². The number of carbonyl (C=O) groups is 1. The van der Waals surface area contributed by atoms with Gasteiger partial charge in [-0.05, 0) is 59.7 Å². The number of hydrogen-bond acceptors (Lipinski definition) is 4. The zero-order valence-electron chi connectivity index (χ0n) is 19.5. The molecule has 1 N–H and O–H groups in total. The van der Waals surface area contributed by atoms with Crippen molar-refractivity contribution in [2.45, 2.75) is 0 Å². The Kier molecular flexibility index (Phi) is 6.19. The van der Waals surface area contributed by atoms with Crippen LogP contribution in [0.1, 0.15) is 21.5 Å². The molecule has 5 nitrogen and oxygen atoms in total. The molecule has 0 radical (unpaired) electrons. The van der Waals surface area contributed by atoms with Crippen molar-refractivity contribution >= 4 is 28.5 Å². The maximum absolute atomic E-state index is 14.4. The second-order valence-electron chi connectivity index (χ2n) is 8.28. The monoisotopic (exact) mass is 505 g/mol. The first-order valence-electron chi connectivity index (χ1n) is 11.2. The number of halogens is 2. The van der Waals surface area contributed by atoms with Crippen LogP contribution < -0.4 is 0 Å². The van der Waals surface area contributed by atoms with Crippen molar-refractivity contribution in [3.8, 4) is 45.6 Å². The van der Waals surface area contributed by atoms with E-state index in [0.29, 0.717) is 55.0 Å². The molecule has 0 fully saturated rings. The van der Waals surface area contributed by atoms with Gasteiger partial charge in [0.1, 0.15) is 5.82 Å². The first-order valence-corrected chi connectivity index (χ1v) is 11.6. The van der Waals surface area contributed by atoms with Gasteiger partial charge in [0, 0.05) is 32.6 Å². The summed E-state index contributed by atoms with van der Waals surface area (Å²) >= 11 is 6.52. The van der Waals surface area contributed by atoms with E-state index in [2.05, 4.69) is 17.1 Å². The molecular formula is C30H17ClFN3O2. The van der Waals surface area contributed by atoms with Gasteiger partial charge in [-0.2, -0.15) is 10.5 Å². The molecule has 1 aromatic heterocycles. The SMILES string of the molecule is COC(=O)c1ccc(-c2cccc(-c3[nH]c4ccc(F)cc4c3-c3c(C#N)cccc3C#N)c2)c(Cl)c1. The summed E-state index contributed by atoms with van der Waals surface area (Å²) in [5.41, 5.74) is 5.47. The highest BCUT2D eigenvalue weighted by atomic mass is 35.5. The van der Waals surface area contributed by atoms with Crippen LogP contribution in [-0.4, -0.2) is 18.1 Å². The van der Waals surface area contributed by atoms with Gasteiger partial charge < -0.3 is 9.72 Å². The van der Waals surface area contributed by atoms with Crippen LogP contribution in [0, 0.1) is 28.5 Å². The lowest BCUT2D eigenvalue weighted by molar-refractivity contribution is 0.0600. The number of ether oxygens (including phenoxy) is 1. The largest absolute Gasteiger partial charge is 0.465 e. The second-order valence-corrected chi connectivity index (χ2v) is 8.69. The van der Waals surface area contributed by atoms with Crippen molar-refractivity contribution in [3.05, 3.63) is 106 Å². The molecule has 0 saturated carbocycles. The lowest BCUT2D eigenvalue weighted by Crippen LogP contribution is -2.00. The molecule has 0 aliphatic heterocycles. The molecule has 0 saturated heterocycles. The van der Waals surface area contributed by atoms with Gasteiger partial charge in [0.25, 0.3) is 0 Å². The number of H-pyrrole nitrogens is 1. The number of rotatable bonds is 4. The first-order chi connectivity index (χ1) is 17.9. The maximum atomic E-state index is 14.4. The van der Waals surface area contributed by atoms with Crippen molar-refractivity contribution < 1.29 is 13.9 Å². The van der Waals surface area contributed by atoms with Gasteiger partial charge in [-0.25, -0.2) is 9.18 Å². The van der Waals surface area contributed by atoms with Crippen LogP contribution in [0.25, 0.3) is 44.4 Å². The Bertz CT molecular complexity index is 1760. The van der Waals surface area contributed by atoms with E-state index in [9.17, 15) is 19.7 Å². The number of esters is 1. The van der Waals surface area contributed by atoms with E-state index in [1.807, 2.05) is 24.3 Å².